The average Bonchev–Trinajstić information content (AvgIpc) is 2.41. The Labute approximate surface area is 104 Å². The van der Waals surface area contributed by atoms with E-state index >= 15 is 0 Å². The number of benzene rings is 2. The van der Waals surface area contributed by atoms with Crippen LogP contribution in [0.15, 0.2) is 54.6 Å². The monoisotopic (exact) mass is 244 g/mol. The zero-order valence-corrected chi connectivity index (χ0v) is 11.3. The van der Waals surface area contributed by atoms with Gasteiger partial charge in [-0.05, 0) is 18.6 Å². The van der Waals surface area contributed by atoms with Gasteiger partial charge < -0.3 is 8.85 Å². The van der Waals surface area contributed by atoms with Gasteiger partial charge in [-0.2, -0.15) is 0 Å². The second-order valence-electron chi connectivity index (χ2n) is 3.62. The molecule has 0 bridgehead atoms. The summed E-state index contributed by atoms with van der Waals surface area (Å²) in [6.45, 7) is 2.71. The van der Waals surface area contributed by atoms with Crippen molar-refractivity contribution in [2.75, 3.05) is 6.61 Å². The van der Waals surface area contributed by atoms with Crippen LogP contribution in [-0.4, -0.2) is 16.6 Å². The molecule has 0 aliphatic rings. The fourth-order valence-corrected chi connectivity index (χ4v) is 2.27. The molecular formula is C14H16O2Si. The van der Waals surface area contributed by atoms with Crippen molar-refractivity contribution in [3.05, 3.63) is 54.6 Å². The van der Waals surface area contributed by atoms with Gasteiger partial charge in [0.15, 0.2) is 0 Å². The van der Waals surface area contributed by atoms with Crippen LogP contribution in [0.5, 0.6) is 5.75 Å². The molecule has 88 valence electrons. The molecule has 0 fully saturated rings. The molecule has 0 amide bonds. The van der Waals surface area contributed by atoms with Gasteiger partial charge in [0.25, 0.3) is 0 Å². The van der Waals surface area contributed by atoms with Crippen LogP contribution >= 0.6 is 0 Å². The molecule has 0 aromatic heterocycles. The standard InChI is InChI=1S/C14H16O2Si/c1-2-15-17-16-14-11-7-6-10-13(14)12-8-4-3-5-9-12/h3-11H,2,17H2,1H3. The maximum absolute atomic E-state index is 5.75. The number of para-hydroxylation sites is 1. The molecular weight excluding hydrogens is 228 g/mol. The molecule has 3 heteroatoms. The maximum Gasteiger partial charge on any atom is 0.365 e. The van der Waals surface area contributed by atoms with Gasteiger partial charge in [-0.15, -0.1) is 0 Å². The molecule has 0 spiro atoms. The van der Waals surface area contributed by atoms with Crippen LogP contribution < -0.4 is 4.43 Å². The Bertz CT molecular complexity index is 457. The third kappa shape index (κ3) is 3.19. The minimum absolute atomic E-state index is 0.722. The van der Waals surface area contributed by atoms with Crippen molar-refractivity contribution in [2.24, 2.45) is 0 Å². The Hall–Kier alpha value is -1.58. The summed E-state index contributed by atoms with van der Waals surface area (Å²) in [6.07, 6.45) is 0. The number of hydrogen-bond acceptors (Lipinski definition) is 2. The highest BCUT2D eigenvalue weighted by molar-refractivity contribution is 6.19. The fourth-order valence-electron chi connectivity index (χ4n) is 1.64. The van der Waals surface area contributed by atoms with Gasteiger partial charge >= 0.3 is 10.0 Å². The predicted octanol–water partition coefficient (Wildman–Crippen LogP) is 2.77. The lowest BCUT2D eigenvalue weighted by Gasteiger charge is -2.11. The lowest BCUT2D eigenvalue weighted by molar-refractivity contribution is 0.308. The molecule has 0 N–H and O–H groups in total. The fraction of sp³-hybridized carbons (Fsp3) is 0.143. The van der Waals surface area contributed by atoms with Crippen LogP contribution in [0.4, 0.5) is 0 Å². The minimum atomic E-state index is -0.913. The van der Waals surface area contributed by atoms with E-state index in [1.807, 2.05) is 43.3 Å². The van der Waals surface area contributed by atoms with Crippen molar-refractivity contribution in [1.29, 1.82) is 0 Å². The highest BCUT2D eigenvalue weighted by Gasteiger charge is 2.04. The topological polar surface area (TPSA) is 18.5 Å². The van der Waals surface area contributed by atoms with E-state index in [1.54, 1.807) is 0 Å². The summed E-state index contributed by atoms with van der Waals surface area (Å²) >= 11 is 0. The SMILES string of the molecule is CCO[SiH2]Oc1ccccc1-c1ccccc1. The molecule has 0 unspecified atom stereocenters. The molecule has 17 heavy (non-hydrogen) atoms. The third-order valence-corrected chi connectivity index (χ3v) is 3.48. The van der Waals surface area contributed by atoms with E-state index in [9.17, 15) is 0 Å². The first-order valence-electron chi connectivity index (χ1n) is 5.77. The molecule has 0 heterocycles. The minimum Gasteiger partial charge on any atom is -0.524 e. The van der Waals surface area contributed by atoms with Gasteiger partial charge in [0, 0.05) is 12.2 Å². The van der Waals surface area contributed by atoms with Crippen LogP contribution in [0.2, 0.25) is 0 Å². The second-order valence-corrected chi connectivity index (χ2v) is 4.55. The number of rotatable bonds is 5. The van der Waals surface area contributed by atoms with Crippen molar-refractivity contribution in [3.63, 3.8) is 0 Å². The van der Waals surface area contributed by atoms with Crippen molar-refractivity contribution < 1.29 is 8.85 Å². The normalized spacial score (nSPS) is 10.9. The van der Waals surface area contributed by atoms with E-state index in [0.29, 0.717) is 0 Å². The van der Waals surface area contributed by atoms with Crippen LogP contribution in [0, 0.1) is 0 Å². The first-order chi connectivity index (χ1) is 8.42. The Balaban J connectivity index is 2.22. The lowest BCUT2D eigenvalue weighted by Crippen LogP contribution is -2.07. The van der Waals surface area contributed by atoms with Gasteiger partial charge in [0.05, 0.1) is 0 Å². The van der Waals surface area contributed by atoms with E-state index < -0.39 is 10.0 Å². The Morgan fingerprint density at radius 3 is 2.41 bits per heavy atom. The zero-order chi connectivity index (χ0) is 11.9. The quantitative estimate of drug-likeness (QED) is 0.595. The van der Waals surface area contributed by atoms with Gasteiger partial charge in [-0.3, -0.25) is 0 Å². The second kappa shape index (κ2) is 6.23. The summed E-state index contributed by atoms with van der Waals surface area (Å²) in [4.78, 5) is 0. The van der Waals surface area contributed by atoms with Crippen LogP contribution in [0.1, 0.15) is 6.92 Å². The summed E-state index contributed by atoms with van der Waals surface area (Å²) in [5, 5.41) is 0. The lowest BCUT2D eigenvalue weighted by atomic mass is 10.1. The molecule has 0 aliphatic heterocycles. The van der Waals surface area contributed by atoms with Crippen molar-refractivity contribution in [2.45, 2.75) is 6.92 Å². The van der Waals surface area contributed by atoms with E-state index in [2.05, 4.69) is 18.2 Å². The molecule has 2 rings (SSSR count). The average molecular weight is 244 g/mol. The summed E-state index contributed by atoms with van der Waals surface area (Å²) in [6, 6.07) is 18.3. The van der Waals surface area contributed by atoms with Gasteiger partial charge in [0.2, 0.25) is 0 Å². The third-order valence-electron chi connectivity index (χ3n) is 2.47. The van der Waals surface area contributed by atoms with Crippen molar-refractivity contribution in [1.82, 2.24) is 0 Å². The van der Waals surface area contributed by atoms with Crippen LogP contribution in [-0.2, 0) is 4.43 Å². The number of hydrogen-bond donors (Lipinski definition) is 0. The highest BCUT2D eigenvalue weighted by Crippen LogP contribution is 2.29. The first-order valence-corrected chi connectivity index (χ1v) is 6.92. The first kappa shape index (κ1) is 11.9. The van der Waals surface area contributed by atoms with Gasteiger partial charge in [-0.25, -0.2) is 0 Å². The molecule has 2 nitrogen and oxygen atoms in total. The highest BCUT2D eigenvalue weighted by atomic mass is 28.3. The molecule has 2 aromatic rings. The Kier molecular flexibility index (Phi) is 4.35. The molecule has 0 atom stereocenters. The molecule has 0 radical (unpaired) electrons. The van der Waals surface area contributed by atoms with E-state index in [1.165, 1.54) is 5.56 Å². The van der Waals surface area contributed by atoms with E-state index in [4.69, 9.17) is 8.85 Å². The molecule has 0 saturated heterocycles. The molecule has 0 aliphatic carbocycles. The maximum atomic E-state index is 5.75. The van der Waals surface area contributed by atoms with Crippen LogP contribution in [0.3, 0.4) is 0 Å². The predicted molar refractivity (Wildman–Crippen MR) is 72.7 cm³/mol. The van der Waals surface area contributed by atoms with Crippen molar-refractivity contribution >= 4 is 10.0 Å². The Morgan fingerprint density at radius 2 is 1.65 bits per heavy atom. The van der Waals surface area contributed by atoms with E-state index in [-0.39, 0.29) is 0 Å². The Morgan fingerprint density at radius 1 is 0.941 bits per heavy atom. The molecule has 0 saturated carbocycles. The summed E-state index contributed by atoms with van der Waals surface area (Å²) < 4.78 is 11.1. The zero-order valence-electron chi connectivity index (χ0n) is 9.93. The van der Waals surface area contributed by atoms with Gasteiger partial charge in [-0.1, -0.05) is 48.5 Å². The van der Waals surface area contributed by atoms with Crippen LogP contribution in [0.25, 0.3) is 11.1 Å². The van der Waals surface area contributed by atoms with E-state index in [0.717, 1.165) is 17.9 Å². The van der Waals surface area contributed by atoms with Crippen molar-refractivity contribution in [3.8, 4) is 16.9 Å². The summed E-state index contributed by atoms with van der Waals surface area (Å²) in [5.41, 5.74) is 2.30. The van der Waals surface area contributed by atoms with Gasteiger partial charge in [0.1, 0.15) is 5.75 Å². The smallest absolute Gasteiger partial charge is 0.365 e. The summed E-state index contributed by atoms with van der Waals surface area (Å²) in [5.74, 6) is 0.916. The molecule has 2 aromatic carbocycles. The largest absolute Gasteiger partial charge is 0.524 e. The summed E-state index contributed by atoms with van der Waals surface area (Å²) in [7, 11) is -0.913.